The highest BCUT2D eigenvalue weighted by molar-refractivity contribution is 6.04. The Hall–Kier alpha value is -3.29. The van der Waals surface area contributed by atoms with E-state index >= 15 is 0 Å². The fraction of sp³-hybridized carbons (Fsp3) is 0.633. The van der Waals surface area contributed by atoms with Crippen LogP contribution in [-0.2, 0) is 21.4 Å². The van der Waals surface area contributed by atoms with Gasteiger partial charge in [-0.1, -0.05) is 19.3 Å². The van der Waals surface area contributed by atoms with Gasteiger partial charge in [0.25, 0.3) is 5.91 Å². The molecule has 1 saturated carbocycles. The summed E-state index contributed by atoms with van der Waals surface area (Å²) < 4.78 is 41.0. The highest BCUT2D eigenvalue weighted by Gasteiger charge is 2.37. The van der Waals surface area contributed by atoms with E-state index in [1.165, 1.54) is 4.57 Å². The van der Waals surface area contributed by atoms with Gasteiger partial charge in [-0.05, 0) is 38.8 Å². The molecule has 1 aromatic heterocycles. The lowest BCUT2D eigenvalue weighted by Crippen LogP contribution is -2.59. The van der Waals surface area contributed by atoms with Gasteiger partial charge in [-0.2, -0.15) is 0 Å². The molecule has 0 radical (unpaired) electrons. The first-order valence-electron chi connectivity index (χ1n) is 15.0. The molecule has 2 aromatic rings. The van der Waals surface area contributed by atoms with Gasteiger partial charge in [-0.15, -0.1) is 0 Å². The number of ether oxygens (including phenoxy) is 2. The molecule has 11 nitrogen and oxygen atoms in total. The summed E-state index contributed by atoms with van der Waals surface area (Å²) in [7, 11) is 3.29. The van der Waals surface area contributed by atoms with Gasteiger partial charge in [0.15, 0.2) is 23.1 Å². The van der Waals surface area contributed by atoms with Crippen molar-refractivity contribution in [1.82, 2.24) is 25.0 Å². The summed E-state index contributed by atoms with van der Waals surface area (Å²) >= 11 is 0. The number of hydrogen-bond acceptors (Lipinski definition) is 7. The van der Waals surface area contributed by atoms with Crippen molar-refractivity contribution in [2.45, 2.75) is 51.1 Å². The molecule has 1 aliphatic carbocycles. The number of rotatable bonds is 12. The maximum atomic E-state index is 14.2. The number of fused-ring (bicyclic) bond motifs is 1. The Balaban J connectivity index is 1.50. The summed E-state index contributed by atoms with van der Waals surface area (Å²) in [4.78, 5) is 43.6. The van der Waals surface area contributed by atoms with Crippen LogP contribution in [0.3, 0.4) is 0 Å². The average molecular weight is 608 g/mol. The first kappa shape index (κ1) is 32.6. The molecule has 43 heavy (non-hydrogen) atoms. The maximum absolute atomic E-state index is 14.2. The summed E-state index contributed by atoms with van der Waals surface area (Å²) in [6.45, 7) is 2.92. The zero-order valence-electron chi connectivity index (χ0n) is 25.2. The zero-order chi connectivity index (χ0) is 31.1. The molecule has 2 heterocycles. The van der Waals surface area contributed by atoms with Crippen molar-refractivity contribution in [1.29, 1.82) is 0 Å². The minimum Gasteiger partial charge on any atom is -0.488 e. The van der Waals surface area contributed by atoms with Crippen molar-refractivity contribution < 1.29 is 37.7 Å². The molecule has 2 aliphatic rings. The molecule has 0 bridgehead atoms. The number of aryl methyl sites for hydroxylation is 1. The number of nitrogens with one attached hydrogen (secondary N) is 2. The van der Waals surface area contributed by atoms with E-state index in [4.69, 9.17) is 14.6 Å². The van der Waals surface area contributed by atoms with Gasteiger partial charge >= 0.3 is 0 Å². The first-order valence-corrected chi connectivity index (χ1v) is 15.0. The van der Waals surface area contributed by atoms with Gasteiger partial charge < -0.3 is 39.6 Å². The highest BCUT2D eigenvalue weighted by atomic mass is 19.2. The van der Waals surface area contributed by atoms with Crippen LogP contribution in [0.4, 0.5) is 8.78 Å². The van der Waals surface area contributed by atoms with Gasteiger partial charge in [-0.25, -0.2) is 8.78 Å². The Labute approximate surface area is 250 Å². The Bertz CT molecular complexity index is 1290. The number of amides is 3. The van der Waals surface area contributed by atoms with E-state index in [9.17, 15) is 23.2 Å². The van der Waals surface area contributed by atoms with Crippen LogP contribution in [0, 0.1) is 17.6 Å². The Kier molecular flexibility index (Phi) is 11.3. The molecule has 4 rings (SSSR count). The number of carbonyl (C=O) groups excluding carboxylic acids is 3. The number of aromatic nitrogens is 1. The predicted octanol–water partition coefficient (Wildman–Crippen LogP) is 1.80. The fourth-order valence-electron chi connectivity index (χ4n) is 5.89. The number of carbonyl (C=O) groups is 3. The van der Waals surface area contributed by atoms with Crippen molar-refractivity contribution in [3.63, 3.8) is 0 Å². The molecule has 0 spiro atoms. The minimum absolute atomic E-state index is 0.0289. The molecule has 1 saturated heterocycles. The second-order valence-electron chi connectivity index (χ2n) is 11.2. The van der Waals surface area contributed by atoms with Gasteiger partial charge in [0, 0.05) is 44.7 Å². The number of aliphatic hydroxyl groups is 1. The topological polar surface area (TPSA) is 125 Å². The molecule has 2 unspecified atom stereocenters. The van der Waals surface area contributed by atoms with Gasteiger partial charge in [-0.3, -0.25) is 14.4 Å². The van der Waals surface area contributed by atoms with Crippen molar-refractivity contribution in [2.24, 2.45) is 13.0 Å². The van der Waals surface area contributed by atoms with Crippen molar-refractivity contribution >= 4 is 28.6 Å². The molecule has 13 heteroatoms. The summed E-state index contributed by atoms with van der Waals surface area (Å²) in [6.07, 6.45) is 4.90. The van der Waals surface area contributed by atoms with Crippen LogP contribution < -0.4 is 15.4 Å². The van der Waals surface area contributed by atoms with Crippen LogP contribution in [0.25, 0.3) is 10.9 Å². The third-order valence-electron chi connectivity index (χ3n) is 8.50. The van der Waals surface area contributed by atoms with E-state index in [0.29, 0.717) is 5.52 Å². The number of aliphatic hydroxyl groups excluding tert-OH is 1. The van der Waals surface area contributed by atoms with E-state index < -0.39 is 29.6 Å². The Morgan fingerprint density at radius 2 is 1.65 bits per heavy atom. The predicted molar refractivity (Wildman–Crippen MR) is 156 cm³/mol. The maximum Gasteiger partial charge on any atom is 0.274 e. The molecule has 1 aliphatic heterocycles. The summed E-state index contributed by atoms with van der Waals surface area (Å²) in [5, 5.41) is 15.1. The molecule has 238 valence electrons. The summed E-state index contributed by atoms with van der Waals surface area (Å²) in [5.74, 6) is -2.68. The molecular weight excluding hydrogens is 564 g/mol. The Morgan fingerprint density at radius 3 is 2.30 bits per heavy atom. The van der Waals surface area contributed by atoms with E-state index in [0.717, 1.165) is 44.2 Å². The van der Waals surface area contributed by atoms with Crippen molar-refractivity contribution in [2.75, 3.05) is 59.7 Å². The van der Waals surface area contributed by atoms with Crippen LogP contribution in [0.2, 0.25) is 0 Å². The highest BCUT2D eigenvalue weighted by Crippen LogP contribution is 2.35. The van der Waals surface area contributed by atoms with Crippen LogP contribution in [0.5, 0.6) is 5.75 Å². The lowest BCUT2D eigenvalue weighted by atomic mass is 9.83. The number of likely N-dealkylation sites (N-methyl/N-ethyl adjacent to an activating group) is 1. The second kappa shape index (κ2) is 14.9. The van der Waals surface area contributed by atoms with Crippen LogP contribution in [0.1, 0.15) is 49.5 Å². The molecule has 3 N–H and O–H groups in total. The van der Waals surface area contributed by atoms with Crippen LogP contribution in [-0.4, -0.2) is 109 Å². The van der Waals surface area contributed by atoms with E-state index in [-0.39, 0.29) is 87.2 Å². The summed E-state index contributed by atoms with van der Waals surface area (Å²) in [6, 6.07) is 0.980. The standard InChI is InChI=1S/C30H43F2N5O6/c1-19(33-2)28(39)34-25(20-7-5-4-6-8-20)29(40)36-9-11-37(12-10-36)30(41)26-27(43-16-15-42-14-13-38)21-17-22(31)23(32)18-24(21)35(26)3/h17-20,25,33,38H,4-16H2,1-3H3,(H,34,39). The third-order valence-corrected chi connectivity index (χ3v) is 8.50. The average Bonchev–Trinajstić information content (AvgIpc) is 3.28. The Morgan fingerprint density at radius 1 is 1.00 bits per heavy atom. The lowest BCUT2D eigenvalue weighted by molar-refractivity contribution is -0.140. The van der Waals surface area contributed by atoms with Crippen molar-refractivity contribution in [3.8, 4) is 5.75 Å². The number of nitrogens with zero attached hydrogens (tertiary/aromatic N) is 3. The molecule has 3 amide bonds. The van der Waals surface area contributed by atoms with E-state index in [1.54, 1.807) is 30.8 Å². The largest absolute Gasteiger partial charge is 0.488 e. The summed E-state index contributed by atoms with van der Waals surface area (Å²) in [5.41, 5.74) is 0.430. The molecular formula is C30H43F2N5O6. The molecule has 2 fully saturated rings. The first-order chi connectivity index (χ1) is 20.7. The normalized spacial score (nSPS) is 17.6. The third kappa shape index (κ3) is 7.44. The number of benzene rings is 1. The second-order valence-corrected chi connectivity index (χ2v) is 11.2. The van der Waals surface area contributed by atoms with Gasteiger partial charge in [0.1, 0.15) is 12.6 Å². The minimum atomic E-state index is -1.06. The van der Waals surface area contributed by atoms with E-state index in [2.05, 4.69) is 10.6 Å². The number of hydrogen-bond donors (Lipinski definition) is 3. The lowest BCUT2D eigenvalue weighted by Gasteiger charge is -2.39. The SMILES string of the molecule is CNC(C)C(=O)NC(C(=O)N1CCN(C(=O)c2c(OCCOCCO)c3cc(F)c(F)cc3n2C)CC1)C1CCCCC1. The van der Waals surface area contributed by atoms with Crippen LogP contribution in [0.15, 0.2) is 12.1 Å². The number of halogens is 2. The molecule has 1 aromatic carbocycles. The quantitative estimate of drug-likeness (QED) is 0.315. The van der Waals surface area contributed by atoms with E-state index in [1.807, 2.05) is 0 Å². The van der Waals surface area contributed by atoms with Gasteiger partial charge in [0.05, 0.1) is 31.4 Å². The molecule has 2 atom stereocenters. The number of piperazine rings is 1. The van der Waals surface area contributed by atoms with Crippen LogP contribution >= 0.6 is 0 Å². The van der Waals surface area contributed by atoms with Gasteiger partial charge in [0.2, 0.25) is 11.8 Å². The van der Waals surface area contributed by atoms with Crippen molar-refractivity contribution in [3.05, 3.63) is 29.5 Å². The smallest absolute Gasteiger partial charge is 0.274 e. The monoisotopic (exact) mass is 607 g/mol. The zero-order valence-corrected chi connectivity index (χ0v) is 25.2. The fourth-order valence-corrected chi connectivity index (χ4v) is 5.89.